The van der Waals surface area contributed by atoms with Crippen molar-refractivity contribution in [1.82, 2.24) is 24.6 Å². The van der Waals surface area contributed by atoms with Crippen molar-refractivity contribution >= 4 is 63.2 Å². The number of halogens is 2. The summed E-state index contributed by atoms with van der Waals surface area (Å²) in [4.78, 5) is 31.0. The number of anilines is 1. The maximum Gasteiger partial charge on any atom is 0.265 e. The number of nitrogens with one attached hydrogen (secondary N) is 1. The predicted octanol–water partition coefficient (Wildman–Crippen LogP) is 4.98. The lowest BCUT2D eigenvalue weighted by atomic mass is 10.3. The van der Waals surface area contributed by atoms with E-state index in [1.807, 2.05) is 4.57 Å². The standard InChI is InChI=1S/C23H26Cl2N6O3S2/c1-5-10-31-18(7-6-11-34-17-9-8-15(24)12-16(17)25)28-29-23(31)35-13-19(32)27-22-26-14(2)20(36-22)21(33)30(3)4/h5,8-9,12H,1,6-7,10-11,13H2,2-4H3,(H,26,27,32). The summed E-state index contributed by atoms with van der Waals surface area (Å²) in [7, 11) is 3.35. The second-order valence-electron chi connectivity index (χ2n) is 7.79. The first-order valence-electron chi connectivity index (χ1n) is 10.9. The van der Waals surface area contributed by atoms with E-state index < -0.39 is 0 Å². The highest BCUT2D eigenvalue weighted by atomic mass is 35.5. The average Bonchev–Trinajstić information content (AvgIpc) is 3.38. The van der Waals surface area contributed by atoms with Crippen molar-refractivity contribution in [3.63, 3.8) is 0 Å². The van der Waals surface area contributed by atoms with Gasteiger partial charge < -0.3 is 19.5 Å². The lowest BCUT2D eigenvalue weighted by molar-refractivity contribution is -0.113. The van der Waals surface area contributed by atoms with Crippen LogP contribution in [0.4, 0.5) is 5.13 Å². The summed E-state index contributed by atoms with van der Waals surface area (Å²) in [6.45, 7) is 6.50. The van der Waals surface area contributed by atoms with E-state index in [9.17, 15) is 9.59 Å². The van der Waals surface area contributed by atoms with E-state index in [0.717, 1.165) is 17.2 Å². The summed E-state index contributed by atoms with van der Waals surface area (Å²) in [5.74, 6) is 1.06. The Morgan fingerprint density at radius 1 is 1.31 bits per heavy atom. The number of hydrogen-bond donors (Lipinski definition) is 1. The van der Waals surface area contributed by atoms with Crippen LogP contribution in [0.5, 0.6) is 5.75 Å². The van der Waals surface area contributed by atoms with Gasteiger partial charge in [0.1, 0.15) is 16.5 Å². The van der Waals surface area contributed by atoms with Crippen LogP contribution in [0.15, 0.2) is 36.0 Å². The highest BCUT2D eigenvalue weighted by Crippen LogP contribution is 2.28. The molecule has 36 heavy (non-hydrogen) atoms. The molecular formula is C23H26Cl2N6O3S2. The van der Waals surface area contributed by atoms with Crippen LogP contribution in [0.3, 0.4) is 0 Å². The average molecular weight is 570 g/mol. The zero-order valence-electron chi connectivity index (χ0n) is 20.1. The number of carbonyl (C=O) groups is 2. The first-order chi connectivity index (χ1) is 17.2. The van der Waals surface area contributed by atoms with Crippen LogP contribution in [0.1, 0.15) is 27.6 Å². The smallest absolute Gasteiger partial charge is 0.265 e. The topological polar surface area (TPSA) is 102 Å². The molecule has 0 saturated heterocycles. The van der Waals surface area contributed by atoms with Crippen LogP contribution < -0.4 is 10.1 Å². The predicted molar refractivity (Wildman–Crippen MR) is 145 cm³/mol. The molecule has 9 nitrogen and oxygen atoms in total. The van der Waals surface area contributed by atoms with Crippen LogP contribution in [0.25, 0.3) is 0 Å². The number of benzene rings is 1. The van der Waals surface area contributed by atoms with Crippen molar-refractivity contribution in [2.24, 2.45) is 0 Å². The number of aryl methyl sites for hydroxylation is 2. The van der Waals surface area contributed by atoms with Crippen LogP contribution >= 0.6 is 46.3 Å². The Morgan fingerprint density at radius 2 is 2.08 bits per heavy atom. The monoisotopic (exact) mass is 568 g/mol. The number of carbonyl (C=O) groups excluding carboxylic acids is 2. The fourth-order valence-corrected chi connectivity index (χ4v) is 5.30. The van der Waals surface area contributed by atoms with Crippen LogP contribution in [0.2, 0.25) is 10.0 Å². The summed E-state index contributed by atoms with van der Waals surface area (Å²) in [5, 5.41) is 13.3. The molecule has 3 aromatic rings. The molecule has 0 atom stereocenters. The molecule has 0 aliphatic rings. The van der Waals surface area contributed by atoms with Gasteiger partial charge in [-0.05, 0) is 31.5 Å². The van der Waals surface area contributed by atoms with Gasteiger partial charge in [0, 0.05) is 32.1 Å². The van der Waals surface area contributed by atoms with Gasteiger partial charge in [-0.1, -0.05) is 52.4 Å². The molecule has 1 N–H and O–H groups in total. The van der Waals surface area contributed by atoms with Crippen LogP contribution in [-0.2, 0) is 17.8 Å². The zero-order chi connectivity index (χ0) is 26.2. The summed E-state index contributed by atoms with van der Waals surface area (Å²) in [6.07, 6.45) is 3.07. The summed E-state index contributed by atoms with van der Waals surface area (Å²) < 4.78 is 7.66. The Kier molecular flexibility index (Phi) is 10.2. The zero-order valence-corrected chi connectivity index (χ0v) is 23.2. The van der Waals surface area contributed by atoms with Crippen molar-refractivity contribution < 1.29 is 14.3 Å². The summed E-state index contributed by atoms with van der Waals surface area (Å²) >= 11 is 14.5. The number of amides is 2. The second-order valence-corrected chi connectivity index (χ2v) is 10.6. The number of allylic oxidation sites excluding steroid dienone is 1. The number of nitrogens with zero attached hydrogens (tertiary/aromatic N) is 5. The van der Waals surface area contributed by atoms with E-state index in [1.165, 1.54) is 16.7 Å². The molecule has 2 aromatic heterocycles. The molecule has 0 bridgehead atoms. The van der Waals surface area contributed by atoms with Gasteiger partial charge in [0.15, 0.2) is 10.3 Å². The minimum Gasteiger partial charge on any atom is -0.492 e. The van der Waals surface area contributed by atoms with E-state index >= 15 is 0 Å². The Bertz CT molecular complexity index is 1240. The van der Waals surface area contributed by atoms with Crippen molar-refractivity contribution in [3.8, 4) is 5.75 Å². The Morgan fingerprint density at radius 3 is 2.78 bits per heavy atom. The first-order valence-corrected chi connectivity index (χ1v) is 13.5. The van der Waals surface area contributed by atoms with Crippen LogP contribution in [0, 0.1) is 6.92 Å². The van der Waals surface area contributed by atoms with Gasteiger partial charge >= 0.3 is 0 Å². The molecular weight excluding hydrogens is 543 g/mol. The van der Waals surface area contributed by atoms with E-state index in [0.29, 0.717) is 62.6 Å². The van der Waals surface area contributed by atoms with Crippen molar-refractivity contribution in [2.45, 2.75) is 31.5 Å². The minimum atomic E-state index is -0.249. The fourth-order valence-electron chi connectivity index (χ4n) is 3.06. The SMILES string of the molecule is C=CCn1c(CCCOc2ccc(Cl)cc2Cl)nnc1SCC(=O)Nc1nc(C)c(C(=O)N(C)C)s1. The third kappa shape index (κ3) is 7.45. The minimum absolute atomic E-state index is 0.114. The third-order valence-electron chi connectivity index (χ3n) is 4.78. The van der Waals surface area contributed by atoms with Gasteiger partial charge in [-0.3, -0.25) is 9.59 Å². The molecule has 2 heterocycles. The number of rotatable bonds is 12. The van der Waals surface area contributed by atoms with E-state index in [4.69, 9.17) is 27.9 Å². The number of thiazole rings is 1. The second kappa shape index (κ2) is 13.1. The maximum absolute atomic E-state index is 12.5. The van der Waals surface area contributed by atoms with E-state index in [2.05, 4.69) is 27.1 Å². The molecule has 13 heteroatoms. The molecule has 0 aliphatic carbocycles. The highest BCUT2D eigenvalue weighted by molar-refractivity contribution is 7.99. The Hall–Kier alpha value is -2.60. The molecule has 0 unspecified atom stereocenters. The third-order valence-corrected chi connectivity index (χ3v) is 7.34. The van der Waals surface area contributed by atoms with Gasteiger partial charge in [0.2, 0.25) is 5.91 Å². The van der Waals surface area contributed by atoms with Gasteiger partial charge in [0.05, 0.1) is 23.1 Å². The lowest BCUT2D eigenvalue weighted by Crippen LogP contribution is -2.21. The molecule has 0 aliphatic heterocycles. The molecule has 2 amide bonds. The van der Waals surface area contributed by atoms with E-state index in [1.54, 1.807) is 45.3 Å². The van der Waals surface area contributed by atoms with Gasteiger partial charge in [-0.25, -0.2) is 4.98 Å². The normalized spacial score (nSPS) is 10.8. The molecule has 0 saturated carbocycles. The van der Waals surface area contributed by atoms with Crippen molar-refractivity contribution in [1.29, 1.82) is 0 Å². The Balaban J connectivity index is 1.54. The largest absolute Gasteiger partial charge is 0.492 e. The van der Waals surface area contributed by atoms with E-state index in [-0.39, 0.29) is 17.6 Å². The number of thioether (sulfide) groups is 1. The lowest BCUT2D eigenvalue weighted by Gasteiger charge is -2.09. The van der Waals surface area contributed by atoms with Gasteiger partial charge in [0.25, 0.3) is 5.91 Å². The number of hydrogen-bond acceptors (Lipinski definition) is 8. The number of ether oxygens (including phenoxy) is 1. The summed E-state index contributed by atoms with van der Waals surface area (Å²) in [5.41, 5.74) is 0.583. The van der Waals surface area contributed by atoms with Crippen LogP contribution in [-0.4, -0.2) is 62.9 Å². The molecule has 3 rings (SSSR count). The van der Waals surface area contributed by atoms with Crippen molar-refractivity contribution in [3.05, 3.63) is 57.3 Å². The Labute approximate surface area is 227 Å². The maximum atomic E-state index is 12.5. The quantitative estimate of drug-likeness (QED) is 0.187. The molecule has 0 spiro atoms. The molecule has 192 valence electrons. The molecule has 0 radical (unpaired) electrons. The molecule has 1 aromatic carbocycles. The van der Waals surface area contributed by atoms with Crippen molar-refractivity contribution in [2.75, 3.05) is 31.8 Å². The van der Waals surface area contributed by atoms with Gasteiger partial charge in [-0.15, -0.1) is 16.8 Å². The molecule has 0 fully saturated rings. The fraction of sp³-hybridized carbons (Fsp3) is 0.348. The summed E-state index contributed by atoms with van der Waals surface area (Å²) in [6, 6.07) is 5.09. The van der Waals surface area contributed by atoms with Gasteiger partial charge in [-0.2, -0.15) is 0 Å². The number of aromatic nitrogens is 4. The highest BCUT2D eigenvalue weighted by Gasteiger charge is 2.19. The first kappa shape index (κ1) is 28.0.